The second-order valence-electron chi connectivity index (χ2n) is 10.6. The van der Waals surface area contributed by atoms with Crippen molar-refractivity contribution in [2.75, 3.05) is 37.5 Å². The van der Waals surface area contributed by atoms with E-state index in [0.717, 1.165) is 6.26 Å². The second kappa shape index (κ2) is 10.9. The molecule has 0 spiro atoms. The van der Waals surface area contributed by atoms with Crippen LogP contribution in [0.4, 0.5) is 10.6 Å². The summed E-state index contributed by atoms with van der Waals surface area (Å²) in [4.78, 5) is 37.3. The van der Waals surface area contributed by atoms with Crippen molar-refractivity contribution in [3.8, 4) is 11.4 Å². The quantitative estimate of drug-likeness (QED) is 0.412. The number of nitrogens with zero attached hydrogens (tertiary/aromatic N) is 4. The van der Waals surface area contributed by atoms with E-state index >= 15 is 0 Å². The zero-order valence-corrected chi connectivity index (χ0v) is 23.9. The third-order valence-corrected chi connectivity index (χ3v) is 6.78. The maximum Gasteiger partial charge on any atom is 0.419 e. The molecule has 1 aliphatic rings. The lowest BCUT2D eigenvalue weighted by Gasteiger charge is -2.34. The van der Waals surface area contributed by atoms with Gasteiger partial charge in [-0.05, 0) is 46.8 Å². The molecule has 0 amide bonds. The van der Waals surface area contributed by atoms with Crippen molar-refractivity contribution < 1.29 is 32.2 Å². The highest BCUT2D eigenvalue weighted by atomic mass is 32.2. The molecule has 1 aromatic carbocycles. The Labute approximate surface area is 228 Å². The van der Waals surface area contributed by atoms with Crippen LogP contribution in [0.2, 0.25) is 0 Å². The number of rotatable bonds is 6. The van der Waals surface area contributed by atoms with Gasteiger partial charge in [-0.3, -0.25) is 0 Å². The van der Waals surface area contributed by atoms with E-state index in [1.54, 1.807) is 58.0 Å². The minimum Gasteiger partial charge on any atom is -0.455 e. The molecule has 2 aromatic heterocycles. The molecule has 210 valence electrons. The molecule has 1 atom stereocenters. The lowest BCUT2D eigenvalue weighted by atomic mass is 10.1. The first-order chi connectivity index (χ1) is 18.3. The number of sulfone groups is 1. The third kappa shape index (κ3) is 6.74. The van der Waals surface area contributed by atoms with E-state index in [4.69, 9.17) is 19.2 Å². The van der Waals surface area contributed by atoms with E-state index in [1.165, 1.54) is 4.57 Å². The average molecular weight is 559 g/mol. The Balaban J connectivity index is 1.87. The van der Waals surface area contributed by atoms with Crippen LogP contribution in [0.15, 0.2) is 30.3 Å². The Morgan fingerprint density at radius 1 is 1.15 bits per heavy atom. The van der Waals surface area contributed by atoms with Crippen LogP contribution in [-0.2, 0) is 29.8 Å². The summed E-state index contributed by atoms with van der Waals surface area (Å²) in [7, 11) is -3.37. The first-order valence-corrected chi connectivity index (χ1v) is 14.8. The molecule has 0 N–H and O–H groups in total. The standard InChI is InChI=1S/C27H34N4O7S/c1-7-37-26(33)31-21-13-19(9-8-18(21)12-22(31)25(32)38-27(3,4)5)24-28-20(16-39(6,34)35)14-23(29-24)30-10-11-36-15-17(30)2/h8-9,12-14,17H,7,10-11,15-16H2,1-6H3/t17-/m0/s1. The summed E-state index contributed by atoms with van der Waals surface area (Å²) in [6, 6.07) is 8.50. The van der Waals surface area contributed by atoms with Gasteiger partial charge in [-0.1, -0.05) is 12.1 Å². The van der Waals surface area contributed by atoms with Gasteiger partial charge in [0.25, 0.3) is 0 Å². The molecule has 3 heterocycles. The van der Waals surface area contributed by atoms with E-state index < -0.39 is 27.5 Å². The molecule has 1 aliphatic heterocycles. The van der Waals surface area contributed by atoms with Crippen LogP contribution in [0.3, 0.4) is 0 Å². The van der Waals surface area contributed by atoms with Crippen molar-refractivity contribution in [3.05, 3.63) is 41.7 Å². The number of esters is 1. The molecular formula is C27H34N4O7S. The fourth-order valence-corrected chi connectivity index (χ4v) is 5.06. The van der Waals surface area contributed by atoms with Crippen molar-refractivity contribution in [2.24, 2.45) is 0 Å². The maximum atomic E-state index is 13.0. The normalized spacial score (nSPS) is 16.4. The summed E-state index contributed by atoms with van der Waals surface area (Å²) in [6.45, 7) is 10.7. The fourth-order valence-electron chi connectivity index (χ4n) is 4.37. The highest BCUT2D eigenvalue weighted by Gasteiger charge is 2.27. The van der Waals surface area contributed by atoms with E-state index in [1.807, 2.05) is 6.92 Å². The number of aromatic nitrogens is 3. The van der Waals surface area contributed by atoms with Gasteiger partial charge >= 0.3 is 12.1 Å². The third-order valence-electron chi connectivity index (χ3n) is 5.96. The van der Waals surface area contributed by atoms with Gasteiger partial charge in [0, 0.05) is 29.8 Å². The predicted molar refractivity (Wildman–Crippen MR) is 147 cm³/mol. The molecule has 0 unspecified atom stereocenters. The lowest BCUT2D eigenvalue weighted by molar-refractivity contribution is 0.00575. The minimum absolute atomic E-state index is 0.0325. The number of hydrogen-bond donors (Lipinski definition) is 0. The molecule has 0 aliphatic carbocycles. The Morgan fingerprint density at radius 3 is 2.54 bits per heavy atom. The first kappa shape index (κ1) is 28.5. The van der Waals surface area contributed by atoms with Crippen molar-refractivity contribution in [2.45, 2.75) is 52.0 Å². The monoisotopic (exact) mass is 558 g/mol. The molecule has 12 heteroatoms. The molecule has 39 heavy (non-hydrogen) atoms. The molecule has 0 radical (unpaired) electrons. The molecule has 4 rings (SSSR count). The van der Waals surface area contributed by atoms with Crippen LogP contribution in [0, 0.1) is 0 Å². The van der Waals surface area contributed by atoms with Crippen LogP contribution >= 0.6 is 0 Å². The number of ether oxygens (including phenoxy) is 3. The fraction of sp³-hybridized carbons (Fsp3) is 0.481. The minimum atomic E-state index is -3.37. The zero-order chi connectivity index (χ0) is 28.5. The van der Waals surface area contributed by atoms with Crippen molar-refractivity contribution >= 4 is 38.6 Å². The summed E-state index contributed by atoms with van der Waals surface area (Å²) >= 11 is 0. The number of morpholine rings is 1. The van der Waals surface area contributed by atoms with Crippen LogP contribution in [0.25, 0.3) is 22.3 Å². The van der Waals surface area contributed by atoms with Gasteiger partial charge in [0.1, 0.15) is 17.1 Å². The van der Waals surface area contributed by atoms with Gasteiger partial charge in [0.2, 0.25) is 0 Å². The van der Waals surface area contributed by atoms with E-state index in [9.17, 15) is 18.0 Å². The number of hydrogen-bond acceptors (Lipinski definition) is 10. The SMILES string of the molecule is CCOC(=O)n1c(C(=O)OC(C)(C)C)cc2ccc(-c3nc(CS(C)(=O)=O)cc(N4CCOC[C@@H]4C)n3)cc21. The van der Waals surface area contributed by atoms with E-state index in [0.29, 0.717) is 53.6 Å². The Bertz CT molecular complexity index is 1510. The molecule has 0 bridgehead atoms. The van der Waals surface area contributed by atoms with E-state index in [-0.39, 0.29) is 24.1 Å². The van der Waals surface area contributed by atoms with Gasteiger partial charge in [-0.15, -0.1) is 0 Å². The number of carbonyl (C=O) groups excluding carboxylic acids is 2. The van der Waals surface area contributed by atoms with Gasteiger partial charge in [-0.25, -0.2) is 32.5 Å². The van der Waals surface area contributed by atoms with E-state index in [2.05, 4.69) is 9.88 Å². The van der Waals surface area contributed by atoms with Crippen molar-refractivity contribution in [1.82, 2.24) is 14.5 Å². The molecule has 11 nitrogen and oxygen atoms in total. The Kier molecular flexibility index (Phi) is 7.99. The first-order valence-electron chi connectivity index (χ1n) is 12.7. The molecule has 1 fully saturated rings. The molecule has 0 saturated carbocycles. The van der Waals surface area contributed by atoms with Crippen LogP contribution in [0.5, 0.6) is 0 Å². The summed E-state index contributed by atoms with van der Waals surface area (Å²) in [6.07, 6.45) is 0.433. The van der Waals surface area contributed by atoms with Gasteiger partial charge in [-0.2, -0.15) is 0 Å². The summed E-state index contributed by atoms with van der Waals surface area (Å²) in [5, 5.41) is 0.613. The Hall–Kier alpha value is -3.51. The predicted octanol–water partition coefficient (Wildman–Crippen LogP) is 3.83. The van der Waals surface area contributed by atoms with Gasteiger partial charge < -0.3 is 19.1 Å². The number of carbonyl (C=O) groups is 2. The molecule has 3 aromatic rings. The van der Waals surface area contributed by atoms with Crippen molar-refractivity contribution in [3.63, 3.8) is 0 Å². The second-order valence-corrected chi connectivity index (χ2v) is 12.7. The zero-order valence-electron chi connectivity index (χ0n) is 23.1. The molecule has 1 saturated heterocycles. The summed E-state index contributed by atoms with van der Waals surface area (Å²) < 4.78 is 41.8. The summed E-state index contributed by atoms with van der Waals surface area (Å²) in [5.41, 5.74) is 0.570. The molecular weight excluding hydrogens is 524 g/mol. The van der Waals surface area contributed by atoms with Crippen LogP contribution < -0.4 is 4.90 Å². The highest BCUT2D eigenvalue weighted by Crippen LogP contribution is 2.29. The smallest absolute Gasteiger partial charge is 0.419 e. The van der Waals surface area contributed by atoms with Crippen molar-refractivity contribution in [1.29, 1.82) is 0 Å². The van der Waals surface area contributed by atoms with Gasteiger partial charge in [0.05, 0.1) is 42.8 Å². The number of anilines is 1. The van der Waals surface area contributed by atoms with Gasteiger partial charge in [0.15, 0.2) is 15.7 Å². The summed E-state index contributed by atoms with van der Waals surface area (Å²) in [5.74, 6) is -0.0337. The van der Waals surface area contributed by atoms with Crippen LogP contribution in [-0.4, -0.2) is 79.3 Å². The maximum absolute atomic E-state index is 13.0. The van der Waals surface area contributed by atoms with Crippen LogP contribution in [0.1, 0.15) is 50.8 Å². The number of fused-ring (bicyclic) bond motifs is 1. The number of benzene rings is 1. The average Bonchev–Trinajstić information content (AvgIpc) is 3.21. The topological polar surface area (TPSA) is 130 Å². The highest BCUT2D eigenvalue weighted by molar-refractivity contribution is 7.89. The largest absolute Gasteiger partial charge is 0.455 e. The Morgan fingerprint density at radius 2 is 1.90 bits per heavy atom. The lowest BCUT2D eigenvalue weighted by Crippen LogP contribution is -2.44.